The average Bonchev–Trinajstić information content (AvgIpc) is 2.42. The zero-order valence-corrected chi connectivity index (χ0v) is 11.0. The maximum absolute atomic E-state index is 12.2. The van der Waals surface area contributed by atoms with Crippen molar-refractivity contribution in [3.05, 3.63) is 35.9 Å². The molecule has 102 valence electrons. The molecule has 1 atom stereocenters. The van der Waals surface area contributed by atoms with Gasteiger partial charge in [0.15, 0.2) is 12.3 Å². The fraction of sp³-hybridized carbons (Fsp3) is 0.429. The van der Waals surface area contributed by atoms with Gasteiger partial charge in [-0.15, -0.1) is 0 Å². The highest BCUT2D eigenvalue weighted by molar-refractivity contribution is 5.98. The zero-order valence-electron chi connectivity index (χ0n) is 11.0. The number of cyclic esters (lactones) is 1. The number of rotatable bonds is 3. The minimum absolute atomic E-state index is 0.0610. The van der Waals surface area contributed by atoms with Gasteiger partial charge >= 0.3 is 5.97 Å². The second-order valence-electron chi connectivity index (χ2n) is 4.84. The summed E-state index contributed by atoms with van der Waals surface area (Å²) in [5.41, 5.74) is -0.619. The molecule has 1 unspecified atom stereocenters. The molecule has 1 aliphatic heterocycles. The second-order valence-corrected chi connectivity index (χ2v) is 4.84. The first-order valence-electron chi connectivity index (χ1n) is 6.19. The Labute approximate surface area is 111 Å². The van der Waals surface area contributed by atoms with E-state index in [4.69, 9.17) is 9.47 Å². The number of carbonyl (C=O) groups excluding carboxylic acids is 2. The van der Waals surface area contributed by atoms with Crippen LogP contribution in [0.5, 0.6) is 0 Å². The first-order chi connectivity index (χ1) is 9.06. The molecular weight excluding hydrogens is 246 g/mol. The average molecular weight is 263 g/mol. The second kappa shape index (κ2) is 5.40. The summed E-state index contributed by atoms with van der Waals surface area (Å²) >= 11 is 0. The monoisotopic (exact) mass is 263 g/mol. The predicted molar refractivity (Wildman–Crippen MR) is 68.4 cm³/mol. The molecule has 0 spiro atoms. The van der Waals surface area contributed by atoms with E-state index in [-0.39, 0.29) is 25.2 Å². The van der Waals surface area contributed by atoms with Gasteiger partial charge in [0.25, 0.3) is 5.91 Å². The standard InChI is InChI=1S/C14H17NO4/c1-10(2)14(8-18-9-19-13(14)17)15-12(16)11-6-4-3-5-7-11/h3-7,10H,8-9H2,1-2H3,(H,15,16). The van der Waals surface area contributed by atoms with E-state index in [0.29, 0.717) is 5.56 Å². The van der Waals surface area contributed by atoms with Crippen molar-refractivity contribution in [2.75, 3.05) is 13.4 Å². The third-order valence-corrected chi connectivity index (χ3v) is 3.33. The van der Waals surface area contributed by atoms with E-state index >= 15 is 0 Å². The van der Waals surface area contributed by atoms with Gasteiger partial charge in [-0.25, -0.2) is 4.79 Å². The van der Waals surface area contributed by atoms with Gasteiger partial charge < -0.3 is 14.8 Å². The van der Waals surface area contributed by atoms with Gasteiger partial charge in [0.05, 0.1) is 6.61 Å². The highest BCUT2D eigenvalue weighted by Crippen LogP contribution is 2.23. The van der Waals surface area contributed by atoms with Crippen LogP contribution in [0.4, 0.5) is 0 Å². The first-order valence-corrected chi connectivity index (χ1v) is 6.19. The van der Waals surface area contributed by atoms with Crippen molar-refractivity contribution < 1.29 is 19.1 Å². The van der Waals surface area contributed by atoms with E-state index in [1.165, 1.54) is 0 Å². The molecule has 1 aliphatic rings. The van der Waals surface area contributed by atoms with Crippen LogP contribution in [0.25, 0.3) is 0 Å². The Morgan fingerprint density at radius 1 is 1.32 bits per heavy atom. The summed E-state index contributed by atoms with van der Waals surface area (Å²) in [7, 11) is 0. The number of carbonyl (C=O) groups is 2. The van der Waals surface area contributed by atoms with Gasteiger partial charge in [-0.2, -0.15) is 0 Å². The molecule has 1 aromatic rings. The number of nitrogens with one attached hydrogen (secondary N) is 1. The van der Waals surface area contributed by atoms with Gasteiger partial charge in [-0.1, -0.05) is 32.0 Å². The molecule has 0 saturated carbocycles. The van der Waals surface area contributed by atoms with Gasteiger partial charge in [-0.05, 0) is 18.1 Å². The molecule has 1 saturated heterocycles. The highest BCUT2D eigenvalue weighted by Gasteiger charge is 2.47. The van der Waals surface area contributed by atoms with E-state index in [0.717, 1.165) is 0 Å². The number of esters is 1. The Morgan fingerprint density at radius 2 is 2.00 bits per heavy atom. The van der Waals surface area contributed by atoms with E-state index in [1.807, 2.05) is 19.9 Å². The van der Waals surface area contributed by atoms with Crippen molar-refractivity contribution in [1.29, 1.82) is 0 Å². The summed E-state index contributed by atoms with van der Waals surface area (Å²) in [5, 5.41) is 2.76. The number of hydrogen-bond donors (Lipinski definition) is 1. The van der Waals surface area contributed by atoms with Crippen LogP contribution in [0.1, 0.15) is 24.2 Å². The number of amides is 1. The first kappa shape index (κ1) is 13.5. The van der Waals surface area contributed by atoms with Crippen molar-refractivity contribution in [2.24, 2.45) is 5.92 Å². The summed E-state index contributed by atoms with van der Waals surface area (Å²) < 4.78 is 10.1. The van der Waals surface area contributed by atoms with E-state index in [2.05, 4.69) is 5.32 Å². The Hall–Kier alpha value is -1.88. The maximum Gasteiger partial charge on any atom is 0.336 e. The molecular formula is C14H17NO4. The molecule has 0 aromatic heterocycles. The van der Waals surface area contributed by atoms with Crippen LogP contribution in [0.3, 0.4) is 0 Å². The smallest absolute Gasteiger partial charge is 0.336 e. The van der Waals surface area contributed by atoms with E-state index < -0.39 is 11.5 Å². The van der Waals surface area contributed by atoms with Gasteiger partial charge in [0, 0.05) is 5.56 Å². The summed E-state index contributed by atoms with van der Waals surface area (Å²) in [6.07, 6.45) is 0. The molecule has 0 radical (unpaired) electrons. The quantitative estimate of drug-likeness (QED) is 0.836. The predicted octanol–water partition coefficient (Wildman–Crippen LogP) is 1.34. The number of hydrogen-bond acceptors (Lipinski definition) is 4. The minimum Gasteiger partial charge on any atom is -0.437 e. The molecule has 1 amide bonds. The lowest BCUT2D eigenvalue weighted by Crippen LogP contribution is -2.63. The third-order valence-electron chi connectivity index (χ3n) is 3.33. The lowest BCUT2D eigenvalue weighted by Gasteiger charge is -2.38. The lowest BCUT2D eigenvalue weighted by molar-refractivity contribution is -0.188. The Bertz CT molecular complexity index is 472. The molecule has 1 N–H and O–H groups in total. The molecule has 5 nitrogen and oxygen atoms in total. The van der Waals surface area contributed by atoms with Crippen molar-refractivity contribution in [3.63, 3.8) is 0 Å². The summed E-state index contributed by atoms with van der Waals surface area (Å²) in [6, 6.07) is 8.75. The third kappa shape index (κ3) is 2.61. The largest absolute Gasteiger partial charge is 0.437 e. The van der Waals surface area contributed by atoms with Crippen LogP contribution in [-0.4, -0.2) is 30.8 Å². The lowest BCUT2D eigenvalue weighted by atomic mass is 9.86. The molecule has 5 heteroatoms. The van der Waals surface area contributed by atoms with Crippen LogP contribution < -0.4 is 5.32 Å². The number of benzene rings is 1. The molecule has 0 aliphatic carbocycles. The molecule has 1 heterocycles. The van der Waals surface area contributed by atoms with E-state index in [1.54, 1.807) is 24.3 Å². The van der Waals surface area contributed by atoms with Crippen LogP contribution in [-0.2, 0) is 14.3 Å². The Kier molecular flexibility index (Phi) is 3.85. The van der Waals surface area contributed by atoms with Crippen LogP contribution >= 0.6 is 0 Å². The fourth-order valence-electron chi connectivity index (χ4n) is 1.98. The molecule has 1 fully saturated rings. The normalized spacial score (nSPS) is 23.0. The van der Waals surface area contributed by atoms with Crippen molar-refractivity contribution in [1.82, 2.24) is 5.32 Å². The topological polar surface area (TPSA) is 64.6 Å². The summed E-state index contributed by atoms with van der Waals surface area (Å²) in [6.45, 7) is 3.76. The zero-order chi connectivity index (χ0) is 13.9. The van der Waals surface area contributed by atoms with Crippen LogP contribution in [0.2, 0.25) is 0 Å². The van der Waals surface area contributed by atoms with Crippen molar-refractivity contribution in [3.8, 4) is 0 Å². The molecule has 2 rings (SSSR count). The fourth-order valence-corrected chi connectivity index (χ4v) is 1.98. The SMILES string of the molecule is CC(C)C1(NC(=O)c2ccccc2)COCOC1=O. The van der Waals surface area contributed by atoms with Gasteiger partial charge in [0.1, 0.15) is 0 Å². The van der Waals surface area contributed by atoms with Crippen molar-refractivity contribution >= 4 is 11.9 Å². The molecule has 0 bridgehead atoms. The molecule has 19 heavy (non-hydrogen) atoms. The van der Waals surface area contributed by atoms with Crippen molar-refractivity contribution in [2.45, 2.75) is 19.4 Å². The Morgan fingerprint density at radius 3 is 2.58 bits per heavy atom. The summed E-state index contributed by atoms with van der Waals surface area (Å²) in [4.78, 5) is 24.2. The maximum atomic E-state index is 12.2. The van der Waals surface area contributed by atoms with Crippen LogP contribution in [0, 0.1) is 5.92 Å². The van der Waals surface area contributed by atoms with Crippen LogP contribution in [0.15, 0.2) is 30.3 Å². The van der Waals surface area contributed by atoms with E-state index in [9.17, 15) is 9.59 Å². The minimum atomic E-state index is -1.12. The summed E-state index contributed by atoms with van der Waals surface area (Å²) in [5.74, 6) is -0.886. The Balaban J connectivity index is 2.22. The number of ether oxygens (including phenoxy) is 2. The van der Waals surface area contributed by atoms with Gasteiger partial charge in [-0.3, -0.25) is 4.79 Å². The van der Waals surface area contributed by atoms with Gasteiger partial charge in [0.2, 0.25) is 0 Å². The molecule has 1 aromatic carbocycles. The highest BCUT2D eigenvalue weighted by atomic mass is 16.7.